The first kappa shape index (κ1) is 17.5. The van der Waals surface area contributed by atoms with Crippen LogP contribution in [-0.2, 0) is 16.4 Å². The maximum absolute atomic E-state index is 12.6. The maximum Gasteiger partial charge on any atom is 0.254 e. The van der Waals surface area contributed by atoms with Crippen LogP contribution in [0.1, 0.15) is 22.3 Å². The first-order chi connectivity index (χ1) is 11.9. The Morgan fingerprint density at radius 2 is 1.92 bits per heavy atom. The molecule has 1 heterocycles. The van der Waals surface area contributed by atoms with E-state index in [9.17, 15) is 13.2 Å². The van der Waals surface area contributed by atoms with Crippen molar-refractivity contribution in [2.45, 2.75) is 18.3 Å². The van der Waals surface area contributed by atoms with E-state index in [1.165, 1.54) is 6.26 Å². The molecule has 0 bridgehead atoms. The van der Waals surface area contributed by atoms with Gasteiger partial charge >= 0.3 is 0 Å². The molecule has 3 rings (SSSR count). The predicted octanol–water partition coefficient (Wildman–Crippen LogP) is 2.52. The second kappa shape index (κ2) is 7.27. The molecule has 0 aromatic heterocycles. The van der Waals surface area contributed by atoms with Crippen LogP contribution in [0.4, 0.5) is 0 Å². The normalized spacial score (nSPS) is 17.5. The van der Waals surface area contributed by atoms with Crippen molar-refractivity contribution in [1.82, 2.24) is 4.90 Å². The fraction of sp³-hybridized carbons (Fsp3) is 0.316. The third-order valence-corrected chi connectivity index (χ3v) is 5.96. The number of amides is 1. The lowest BCUT2D eigenvalue weighted by Gasteiger charge is -2.17. The molecule has 0 radical (unpaired) electrons. The summed E-state index contributed by atoms with van der Waals surface area (Å²) >= 11 is 0. The van der Waals surface area contributed by atoms with Crippen molar-refractivity contribution >= 4 is 15.7 Å². The van der Waals surface area contributed by atoms with Crippen LogP contribution in [0.25, 0.3) is 0 Å². The molecule has 0 saturated carbocycles. The molecular formula is C19H21NO4S. The number of hydrogen-bond donors (Lipinski definition) is 0. The van der Waals surface area contributed by atoms with E-state index >= 15 is 0 Å². The Hall–Kier alpha value is -2.34. The van der Waals surface area contributed by atoms with Gasteiger partial charge in [0.1, 0.15) is 12.4 Å². The highest BCUT2D eigenvalue weighted by molar-refractivity contribution is 7.91. The summed E-state index contributed by atoms with van der Waals surface area (Å²) in [4.78, 5) is 14.2. The standard InChI is InChI=1S/C19H21NO4S/c1-25(22,23)18-10-11-20(13-18)19(21)16-8-5-9-17(12-16)24-14-15-6-3-2-4-7-15/h2-9,12,18H,10-11,13-14H2,1H3. The van der Waals surface area contributed by atoms with Gasteiger partial charge < -0.3 is 9.64 Å². The van der Waals surface area contributed by atoms with Gasteiger partial charge in [-0.1, -0.05) is 36.4 Å². The lowest BCUT2D eigenvalue weighted by molar-refractivity contribution is 0.0792. The third-order valence-electron chi connectivity index (χ3n) is 4.37. The lowest BCUT2D eigenvalue weighted by Crippen LogP contribution is -2.31. The minimum atomic E-state index is -3.12. The Bertz CT molecular complexity index is 849. The van der Waals surface area contributed by atoms with Gasteiger partial charge in [-0.2, -0.15) is 0 Å². The molecule has 6 heteroatoms. The van der Waals surface area contributed by atoms with Crippen LogP contribution in [0.2, 0.25) is 0 Å². The number of sulfone groups is 1. The zero-order chi connectivity index (χ0) is 17.9. The van der Waals surface area contributed by atoms with Gasteiger partial charge in [0.2, 0.25) is 0 Å². The Kier molecular flexibility index (Phi) is 5.08. The fourth-order valence-corrected chi connectivity index (χ4v) is 3.89. The number of benzene rings is 2. The zero-order valence-electron chi connectivity index (χ0n) is 14.1. The minimum absolute atomic E-state index is 0.156. The Labute approximate surface area is 148 Å². The van der Waals surface area contributed by atoms with Crippen molar-refractivity contribution in [3.8, 4) is 5.75 Å². The molecule has 132 valence electrons. The van der Waals surface area contributed by atoms with Gasteiger partial charge in [-0.3, -0.25) is 4.79 Å². The van der Waals surface area contributed by atoms with Crippen LogP contribution in [0.15, 0.2) is 54.6 Å². The molecule has 1 unspecified atom stereocenters. The van der Waals surface area contributed by atoms with E-state index in [4.69, 9.17) is 4.74 Å². The van der Waals surface area contributed by atoms with Gasteiger partial charge in [-0.15, -0.1) is 0 Å². The first-order valence-corrected chi connectivity index (χ1v) is 10.1. The molecule has 1 aliphatic rings. The molecule has 2 aromatic carbocycles. The summed E-state index contributed by atoms with van der Waals surface area (Å²) in [5.74, 6) is 0.463. The molecule has 0 N–H and O–H groups in total. The van der Waals surface area contributed by atoms with Crippen LogP contribution in [0, 0.1) is 0 Å². The number of carbonyl (C=O) groups is 1. The maximum atomic E-state index is 12.6. The van der Waals surface area contributed by atoms with Crippen molar-refractivity contribution in [3.63, 3.8) is 0 Å². The zero-order valence-corrected chi connectivity index (χ0v) is 14.9. The number of ether oxygens (including phenoxy) is 1. The van der Waals surface area contributed by atoms with Gasteiger partial charge in [0.15, 0.2) is 9.84 Å². The molecule has 1 amide bonds. The van der Waals surface area contributed by atoms with Crippen LogP contribution >= 0.6 is 0 Å². The number of nitrogens with zero attached hydrogens (tertiary/aromatic N) is 1. The Balaban J connectivity index is 1.66. The molecule has 0 spiro atoms. The average Bonchev–Trinajstić information content (AvgIpc) is 3.11. The summed E-state index contributed by atoms with van der Waals surface area (Å²) in [5, 5.41) is -0.464. The largest absolute Gasteiger partial charge is 0.489 e. The van der Waals surface area contributed by atoms with E-state index in [0.29, 0.717) is 30.9 Å². The van der Waals surface area contributed by atoms with Crippen LogP contribution in [0.5, 0.6) is 5.75 Å². The number of hydrogen-bond acceptors (Lipinski definition) is 4. The Morgan fingerprint density at radius 1 is 1.16 bits per heavy atom. The quantitative estimate of drug-likeness (QED) is 0.823. The topological polar surface area (TPSA) is 63.7 Å². The van der Waals surface area contributed by atoms with Crippen LogP contribution < -0.4 is 4.74 Å². The van der Waals surface area contributed by atoms with Gasteiger partial charge in [-0.25, -0.2) is 8.42 Å². The molecule has 1 aliphatic heterocycles. The van der Waals surface area contributed by atoms with E-state index in [0.717, 1.165) is 5.56 Å². The molecular weight excluding hydrogens is 338 g/mol. The van der Waals surface area contributed by atoms with Crippen molar-refractivity contribution in [1.29, 1.82) is 0 Å². The summed E-state index contributed by atoms with van der Waals surface area (Å²) in [6.07, 6.45) is 1.72. The van der Waals surface area contributed by atoms with Crippen molar-refractivity contribution in [3.05, 3.63) is 65.7 Å². The van der Waals surface area contributed by atoms with E-state index in [-0.39, 0.29) is 12.5 Å². The number of likely N-dealkylation sites (tertiary alicyclic amines) is 1. The van der Waals surface area contributed by atoms with E-state index in [2.05, 4.69) is 0 Å². The highest BCUT2D eigenvalue weighted by atomic mass is 32.2. The van der Waals surface area contributed by atoms with Crippen molar-refractivity contribution in [2.75, 3.05) is 19.3 Å². The van der Waals surface area contributed by atoms with Crippen LogP contribution in [-0.4, -0.2) is 43.8 Å². The van der Waals surface area contributed by atoms with E-state index in [1.54, 1.807) is 23.1 Å². The molecule has 1 atom stereocenters. The number of carbonyl (C=O) groups excluding carboxylic acids is 1. The first-order valence-electron chi connectivity index (χ1n) is 8.18. The summed E-state index contributed by atoms with van der Waals surface area (Å²) in [6.45, 7) is 1.15. The van der Waals surface area contributed by atoms with Gasteiger partial charge in [0, 0.05) is 24.9 Å². The Morgan fingerprint density at radius 3 is 2.60 bits per heavy atom. The second-order valence-electron chi connectivity index (χ2n) is 6.29. The molecule has 25 heavy (non-hydrogen) atoms. The summed E-state index contributed by atoms with van der Waals surface area (Å²) in [6, 6.07) is 16.8. The van der Waals surface area contributed by atoms with Crippen molar-refractivity contribution < 1.29 is 17.9 Å². The highest BCUT2D eigenvalue weighted by Crippen LogP contribution is 2.21. The highest BCUT2D eigenvalue weighted by Gasteiger charge is 2.32. The molecule has 1 saturated heterocycles. The van der Waals surface area contributed by atoms with E-state index in [1.807, 2.05) is 36.4 Å². The lowest BCUT2D eigenvalue weighted by atomic mass is 10.2. The molecule has 1 fully saturated rings. The third kappa shape index (κ3) is 4.39. The fourth-order valence-electron chi connectivity index (χ4n) is 2.90. The van der Waals surface area contributed by atoms with E-state index < -0.39 is 15.1 Å². The monoisotopic (exact) mass is 359 g/mol. The minimum Gasteiger partial charge on any atom is -0.489 e. The average molecular weight is 359 g/mol. The predicted molar refractivity (Wildman–Crippen MR) is 96.4 cm³/mol. The SMILES string of the molecule is CS(=O)(=O)C1CCN(C(=O)c2cccc(OCc3ccccc3)c2)C1. The molecule has 0 aliphatic carbocycles. The number of rotatable bonds is 5. The summed E-state index contributed by atoms with van der Waals surface area (Å²) < 4.78 is 29.1. The molecule has 2 aromatic rings. The van der Waals surface area contributed by atoms with Gasteiger partial charge in [-0.05, 0) is 30.2 Å². The molecule has 5 nitrogen and oxygen atoms in total. The summed E-state index contributed by atoms with van der Waals surface area (Å²) in [7, 11) is -3.12. The van der Waals surface area contributed by atoms with Gasteiger partial charge in [0.25, 0.3) is 5.91 Å². The second-order valence-corrected chi connectivity index (χ2v) is 8.62. The summed E-state index contributed by atoms with van der Waals surface area (Å²) in [5.41, 5.74) is 1.56. The smallest absolute Gasteiger partial charge is 0.254 e. The van der Waals surface area contributed by atoms with Gasteiger partial charge in [0.05, 0.1) is 5.25 Å². The van der Waals surface area contributed by atoms with Crippen LogP contribution in [0.3, 0.4) is 0 Å². The van der Waals surface area contributed by atoms with Crippen molar-refractivity contribution in [2.24, 2.45) is 0 Å².